The van der Waals surface area contributed by atoms with Gasteiger partial charge in [0.15, 0.2) is 0 Å². The maximum Gasteiger partial charge on any atom is 0.134 e. The summed E-state index contributed by atoms with van der Waals surface area (Å²) in [7, 11) is 0. The molecule has 0 amide bonds. The van der Waals surface area contributed by atoms with Gasteiger partial charge < -0.3 is 10.4 Å². The molecule has 0 aliphatic heterocycles. The van der Waals surface area contributed by atoms with Crippen molar-refractivity contribution in [1.29, 1.82) is 0 Å². The molecule has 52 valence electrons. The monoisotopic (exact) mass is 136 g/mol. The number of aromatic hydroxyl groups is 1. The summed E-state index contributed by atoms with van der Waals surface area (Å²) in [5, 5.41) is 11.6. The number of pyridine rings is 1. The van der Waals surface area contributed by atoms with E-state index in [4.69, 9.17) is 5.11 Å². The van der Waals surface area contributed by atoms with Crippen molar-refractivity contribution in [2.45, 2.75) is 0 Å². The number of nitrogens with zero attached hydrogens (tertiary/aromatic N) is 1. The van der Waals surface area contributed by atoms with Crippen LogP contribution >= 0.6 is 0 Å². The van der Waals surface area contributed by atoms with E-state index in [1.807, 2.05) is 0 Å². The molecule has 0 atom stereocenters. The van der Waals surface area contributed by atoms with E-state index in [0.29, 0.717) is 5.82 Å². The topological polar surface area (TPSA) is 45.1 Å². The fourth-order valence-electron chi connectivity index (χ4n) is 0.576. The van der Waals surface area contributed by atoms with Crippen LogP contribution in [0.3, 0.4) is 0 Å². The van der Waals surface area contributed by atoms with Gasteiger partial charge in [-0.1, -0.05) is 6.58 Å². The van der Waals surface area contributed by atoms with E-state index in [1.165, 1.54) is 12.4 Å². The van der Waals surface area contributed by atoms with Gasteiger partial charge in [-0.05, 0) is 18.3 Å². The van der Waals surface area contributed by atoms with Crippen LogP contribution in [0.15, 0.2) is 31.1 Å². The first-order valence-corrected chi connectivity index (χ1v) is 2.85. The standard InChI is InChI=1S/C7H8N2O/c1-2-8-7-4-3-6(10)5-9-7/h2-5,10H,1H2,(H,8,9). The normalized spacial score (nSPS) is 8.80. The summed E-state index contributed by atoms with van der Waals surface area (Å²) in [6, 6.07) is 3.22. The lowest BCUT2D eigenvalue weighted by atomic mass is 10.4. The Balaban J connectivity index is 2.78. The van der Waals surface area contributed by atoms with Crippen LogP contribution in [-0.2, 0) is 0 Å². The van der Waals surface area contributed by atoms with E-state index in [-0.39, 0.29) is 5.75 Å². The summed E-state index contributed by atoms with van der Waals surface area (Å²) in [6.07, 6.45) is 2.89. The first kappa shape index (κ1) is 6.61. The van der Waals surface area contributed by atoms with E-state index < -0.39 is 0 Å². The van der Waals surface area contributed by atoms with Gasteiger partial charge in [-0.25, -0.2) is 4.98 Å². The lowest BCUT2D eigenvalue weighted by Gasteiger charge is -1.96. The Morgan fingerprint density at radius 1 is 1.60 bits per heavy atom. The Morgan fingerprint density at radius 3 is 2.90 bits per heavy atom. The van der Waals surface area contributed by atoms with Crippen LogP contribution < -0.4 is 5.32 Å². The number of nitrogens with one attached hydrogen (secondary N) is 1. The number of aromatic nitrogens is 1. The minimum Gasteiger partial charge on any atom is -0.506 e. The van der Waals surface area contributed by atoms with Crippen molar-refractivity contribution < 1.29 is 5.11 Å². The zero-order chi connectivity index (χ0) is 7.40. The third-order valence-electron chi connectivity index (χ3n) is 0.998. The van der Waals surface area contributed by atoms with Gasteiger partial charge in [0.2, 0.25) is 0 Å². The molecular weight excluding hydrogens is 128 g/mol. The van der Waals surface area contributed by atoms with E-state index in [2.05, 4.69) is 16.9 Å². The van der Waals surface area contributed by atoms with E-state index in [1.54, 1.807) is 12.1 Å². The minimum absolute atomic E-state index is 0.162. The summed E-state index contributed by atoms with van der Waals surface area (Å²) in [6.45, 7) is 3.46. The second-order valence-electron chi connectivity index (χ2n) is 1.75. The lowest BCUT2D eigenvalue weighted by molar-refractivity contribution is 0.473. The number of rotatable bonds is 2. The van der Waals surface area contributed by atoms with Gasteiger partial charge in [-0.3, -0.25) is 0 Å². The van der Waals surface area contributed by atoms with Gasteiger partial charge in [0, 0.05) is 0 Å². The summed E-state index contributed by atoms with van der Waals surface area (Å²) in [5.74, 6) is 0.836. The van der Waals surface area contributed by atoms with Crippen molar-refractivity contribution in [3.05, 3.63) is 31.1 Å². The van der Waals surface area contributed by atoms with Crippen LogP contribution in [0.1, 0.15) is 0 Å². The van der Waals surface area contributed by atoms with Crippen LogP contribution in [0.2, 0.25) is 0 Å². The Kier molecular flexibility index (Phi) is 1.89. The zero-order valence-corrected chi connectivity index (χ0v) is 5.41. The third-order valence-corrected chi connectivity index (χ3v) is 0.998. The second-order valence-corrected chi connectivity index (χ2v) is 1.75. The van der Waals surface area contributed by atoms with E-state index in [9.17, 15) is 0 Å². The molecule has 0 aliphatic carbocycles. The molecule has 3 heteroatoms. The molecule has 1 aromatic rings. The predicted molar refractivity (Wildman–Crippen MR) is 39.7 cm³/mol. The molecule has 0 saturated carbocycles. The van der Waals surface area contributed by atoms with Gasteiger partial charge in [-0.15, -0.1) is 0 Å². The molecule has 0 saturated heterocycles. The third kappa shape index (κ3) is 1.48. The first-order chi connectivity index (χ1) is 4.83. The molecule has 0 unspecified atom stereocenters. The molecule has 0 aliphatic rings. The summed E-state index contributed by atoms with van der Waals surface area (Å²) < 4.78 is 0. The summed E-state index contributed by atoms with van der Waals surface area (Å²) in [4.78, 5) is 3.84. The van der Waals surface area contributed by atoms with Crippen molar-refractivity contribution in [1.82, 2.24) is 4.98 Å². The van der Waals surface area contributed by atoms with Crippen LogP contribution in [0.5, 0.6) is 5.75 Å². The Labute approximate surface area is 59.0 Å². The highest BCUT2D eigenvalue weighted by molar-refractivity contribution is 5.38. The molecule has 0 bridgehead atoms. The fourth-order valence-corrected chi connectivity index (χ4v) is 0.576. The van der Waals surface area contributed by atoms with Crippen LogP contribution in [-0.4, -0.2) is 10.1 Å². The number of anilines is 1. The average molecular weight is 136 g/mol. The van der Waals surface area contributed by atoms with Crippen LogP contribution in [0.25, 0.3) is 0 Å². The molecule has 2 N–H and O–H groups in total. The highest BCUT2D eigenvalue weighted by Gasteiger charge is 1.88. The van der Waals surface area contributed by atoms with Gasteiger partial charge in [-0.2, -0.15) is 0 Å². The van der Waals surface area contributed by atoms with Crippen LogP contribution in [0.4, 0.5) is 5.82 Å². The van der Waals surface area contributed by atoms with Gasteiger partial charge in [0.25, 0.3) is 0 Å². The van der Waals surface area contributed by atoms with Crippen molar-refractivity contribution in [3.8, 4) is 5.75 Å². The molecular formula is C7H8N2O. The van der Waals surface area contributed by atoms with Crippen molar-refractivity contribution in [3.63, 3.8) is 0 Å². The lowest BCUT2D eigenvalue weighted by Crippen LogP contribution is -1.87. The van der Waals surface area contributed by atoms with Crippen molar-refractivity contribution in [2.75, 3.05) is 5.32 Å². The van der Waals surface area contributed by atoms with Crippen molar-refractivity contribution in [2.24, 2.45) is 0 Å². The minimum atomic E-state index is 0.162. The van der Waals surface area contributed by atoms with E-state index in [0.717, 1.165) is 0 Å². The van der Waals surface area contributed by atoms with Gasteiger partial charge in [0.05, 0.1) is 6.20 Å². The van der Waals surface area contributed by atoms with Crippen molar-refractivity contribution >= 4 is 5.82 Å². The number of hydrogen-bond acceptors (Lipinski definition) is 3. The second kappa shape index (κ2) is 2.87. The molecule has 1 rings (SSSR count). The molecule has 1 aromatic heterocycles. The highest BCUT2D eigenvalue weighted by Crippen LogP contribution is 2.08. The molecule has 0 radical (unpaired) electrons. The fraction of sp³-hybridized carbons (Fsp3) is 0. The van der Waals surface area contributed by atoms with Gasteiger partial charge in [0.1, 0.15) is 11.6 Å². The van der Waals surface area contributed by atoms with E-state index >= 15 is 0 Å². The number of hydrogen-bond donors (Lipinski definition) is 2. The Hall–Kier alpha value is -1.51. The Morgan fingerprint density at radius 2 is 2.40 bits per heavy atom. The molecule has 0 spiro atoms. The summed E-state index contributed by atoms with van der Waals surface area (Å²) in [5.41, 5.74) is 0. The largest absolute Gasteiger partial charge is 0.506 e. The highest BCUT2D eigenvalue weighted by atomic mass is 16.3. The first-order valence-electron chi connectivity index (χ1n) is 2.85. The zero-order valence-electron chi connectivity index (χ0n) is 5.41. The SMILES string of the molecule is C=CNc1ccc(O)cn1. The Bertz CT molecular complexity index is 218. The average Bonchev–Trinajstić information content (AvgIpc) is 1.95. The quantitative estimate of drug-likeness (QED) is 0.644. The molecule has 3 nitrogen and oxygen atoms in total. The molecule has 0 aromatic carbocycles. The van der Waals surface area contributed by atoms with Crippen LogP contribution in [0, 0.1) is 0 Å². The van der Waals surface area contributed by atoms with Gasteiger partial charge >= 0.3 is 0 Å². The maximum absolute atomic E-state index is 8.81. The predicted octanol–water partition coefficient (Wildman–Crippen LogP) is 1.34. The summed E-state index contributed by atoms with van der Waals surface area (Å²) >= 11 is 0. The molecule has 0 fully saturated rings. The molecule has 10 heavy (non-hydrogen) atoms. The maximum atomic E-state index is 8.81. The molecule has 1 heterocycles. The smallest absolute Gasteiger partial charge is 0.134 e.